The number of aromatic nitrogens is 1. The summed E-state index contributed by atoms with van der Waals surface area (Å²) in [7, 11) is 2.08. The smallest absolute Gasteiger partial charge is 0.194 e. The van der Waals surface area contributed by atoms with Gasteiger partial charge in [-0.2, -0.15) is 0 Å². The van der Waals surface area contributed by atoms with Crippen molar-refractivity contribution < 1.29 is 0 Å². The molecule has 0 spiro atoms. The van der Waals surface area contributed by atoms with E-state index in [4.69, 9.17) is 4.99 Å². The molecule has 1 aliphatic rings. The first-order valence-electron chi connectivity index (χ1n) is 8.75. The molecule has 0 saturated heterocycles. The summed E-state index contributed by atoms with van der Waals surface area (Å²) < 4.78 is 0.278. The van der Waals surface area contributed by atoms with Crippen molar-refractivity contribution in [1.82, 2.24) is 15.2 Å². The van der Waals surface area contributed by atoms with Crippen LogP contribution in [0, 0.1) is 6.92 Å². The van der Waals surface area contributed by atoms with E-state index in [0.717, 1.165) is 36.3 Å². The van der Waals surface area contributed by atoms with E-state index in [1.165, 1.54) is 17.7 Å². The van der Waals surface area contributed by atoms with E-state index in [2.05, 4.69) is 64.9 Å². The van der Waals surface area contributed by atoms with Crippen LogP contribution in [0.15, 0.2) is 45.6 Å². The van der Waals surface area contributed by atoms with E-state index < -0.39 is 0 Å². The van der Waals surface area contributed by atoms with Crippen molar-refractivity contribution in [3.8, 4) is 0 Å². The topological polar surface area (TPSA) is 40.5 Å². The maximum Gasteiger partial charge on any atom is 0.194 e. The molecule has 0 radical (unpaired) electrons. The highest BCUT2D eigenvalue weighted by Gasteiger charge is 2.43. The molecule has 1 N–H and O–H groups in total. The molecule has 0 aliphatic heterocycles. The van der Waals surface area contributed by atoms with Gasteiger partial charge in [0.05, 0.1) is 23.8 Å². The number of aliphatic imine (C=N–C) groups is 1. The Morgan fingerprint density at radius 2 is 2.12 bits per heavy atom. The Balaban J connectivity index is 1.63. The second-order valence-electron chi connectivity index (χ2n) is 6.48. The van der Waals surface area contributed by atoms with Gasteiger partial charge in [0.25, 0.3) is 0 Å². The number of hydrogen-bond acceptors (Lipinski definition) is 4. The lowest BCUT2D eigenvalue weighted by atomic mass is 10.4. The van der Waals surface area contributed by atoms with E-state index in [9.17, 15) is 0 Å². The molecule has 2 aromatic rings. The van der Waals surface area contributed by atoms with Crippen molar-refractivity contribution in [2.24, 2.45) is 4.99 Å². The number of aryl methyl sites for hydroxylation is 1. The van der Waals surface area contributed by atoms with Gasteiger partial charge in [0.2, 0.25) is 0 Å². The third kappa shape index (κ3) is 5.22. The van der Waals surface area contributed by atoms with Crippen LogP contribution < -0.4 is 5.32 Å². The minimum Gasteiger partial charge on any atom is -0.357 e. The molecule has 25 heavy (non-hydrogen) atoms. The summed E-state index contributed by atoms with van der Waals surface area (Å²) in [6, 6.07) is 10.7. The number of guanidine groups is 1. The highest BCUT2D eigenvalue weighted by Crippen LogP contribution is 2.51. The molecule has 0 bridgehead atoms. The van der Waals surface area contributed by atoms with Gasteiger partial charge in [0, 0.05) is 28.6 Å². The molecule has 1 saturated carbocycles. The molecule has 1 heterocycles. The number of nitrogens with one attached hydrogen (secondary N) is 1. The second-order valence-corrected chi connectivity index (χ2v) is 9.09. The summed E-state index contributed by atoms with van der Waals surface area (Å²) in [6.07, 6.45) is 2.48. The minimum atomic E-state index is 0.278. The van der Waals surface area contributed by atoms with Crippen LogP contribution in [-0.2, 0) is 6.54 Å². The van der Waals surface area contributed by atoms with E-state index >= 15 is 0 Å². The van der Waals surface area contributed by atoms with Crippen LogP contribution in [-0.4, -0.2) is 40.7 Å². The summed E-state index contributed by atoms with van der Waals surface area (Å²) in [4.78, 5) is 13.0. The van der Waals surface area contributed by atoms with Crippen molar-refractivity contribution in [3.05, 3.63) is 46.4 Å². The quantitative estimate of drug-likeness (QED) is 0.583. The van der Waals surface area contributed by atoms with Gasteiger partial charge in [-0.05, 0) is 38.8 Å². The van der Waals surface area contributed by atoms with E-state index in [-0.39, 0.29) is 4.75 Å². The van der Waals surface area contributed by atoms with Crippen LogP contribution in [0.2, 0.25) is 0 Å². The van der Waals surface area contributed by atoms with Crippen LogP contribution in [0.25, 0.3) is 0 Å². The van der Waals surface area contributed by atoms with Gasteiger partial charge in [0.15, 0.2) is 5.96 Å². The Kier molecular flexibility index (Phi) is 6.02. The number of hydrogen-bond donors (Lipinski definition) is 1. The van der Waals surface area contributed by atoms with Gasteiger partial charge in [-0.1, -0.05) is 18.2 Å². The van der Waals surface area contributed by atoms with Gasteiger partial charge in [-0.3, -0.25) is 4.99 Å². The van der Waals surface area contributed by atoms with Crippen molar-refractivity contribution in [1.29, 1.82) is 0 Å². The number of thioether (sulfide) groups is 1. The van der Waals surface area contributed by atoms with Gasteiger partial charge >= 0.3 is 0 Å². The lowest BCUT2D eigenvalue weighted by molar-refractivity contribution is 0.470. The highest BCUT2D eigenvalue weighted by molar-refractivity contribution is 8.01. The summed E-state index contributed by atoms with van der Waals surface area (Å²) >= 11 is 3.67. The standard InChI is InChI=1S/C19H26N4S2/c1-4-20-18(23(3)12-16-13-24-15(2)22-16)21-14-19(10-11-19)25-17-8-6-5-7-9-17/h5-9,13H,4,10-12,14H2,1-3H3,(H,20,21). The third-order valence-corrected chi connectivity index (χ3v) is 6.46. The molecule has 1 aromatic carbocycles. The second kappa shape index (κ2) is 8.23. The number of rotatable bonds is 7. The molecule has 4 nitrogen and oxygen atoms in total. The van der Waals surface area contributed by atoms with Gasteiger partial charge < -0.3 is 10.2 Å². The first-order chi connectivity index (χ1) is 12.1. The zero-order valence-electron chi connectivity index (χ0n) is 15.2. The fraction of sp³-hybridized carbons (Fsp3) is 0.474. The summed E-state index contributed by atoms with van der Waals surface area (Å²) in [6.45, 7) is 6.68. The molecular formula is C19H26N4S2. The van der Waals surface area contributed by atoms with Crippen molar-refractivity contribution in [2.75, 3.05) is 20.1 Å². The lowest BCUT2D eigenvalue weighted by Crippen LogP contribution is -2.39. The molecule has 3 rings (SSSR count). The maximum absolute atomic E-state index is 4.93. The molecule has 134 valence electrons. The van der Waals surface area contributed by atoms with Crippen molar-refractivity contribution in [2.45, 2.75) is 42.9 Å². The number of benzene rings is 1. The molecule has 0 unspecified atom stereocenters. The summed E-state index contributed by atoms with van der Waals surface area (Å²) in [5, 5.41) is 6.66. The van der Waals surface area contributed by atoms with Crippen molar-refractivity contribution in [3.63, 3.8) is 0 Å². The Hall–Kier alpha value is -1.53. The number of nitrogens with zero attached hydrogens (tertiary/aromatic N) is 3. The molecule has 1 aliphatic carbocycles. The monoisotopic (exact) mass is 374 g/mol. The van der Waals surface area contributed by atoms with Gasteiger partial charge in [-0.25, -0.2) is 4.98 Å². The largest absolute Gasteiger partial charge is 0.357 e. The molecular weight excluding hydrogens is 348 g/mol. The van der Waals surface area contributed by atoms with E-state index in [0.29, 0.717) is 0 Å². The van der Waals surface area contributed by atoms with E-state index in [1.54, 1.807) is 11.3 Å². The molecule has 1 aromatic heterocycles. The first kappa shape index (κ1) is 18.3. The molecule has 1 fully saturated rings. The van der Waals surface area contributed by atoms with Gasteiger partial charge in [0.1, 0.15) is 0 Å². The summed E-state index contributed by atoms with van der Waals surface area (Å²) in [5.41, 5.74) is 1.11. The predicted molar refractivity (Wildman–Crippen MR) is 109 cm³/mol. The molecule has 0 amide bonds. The molecule has 0 atom stereocenters. The van der Waals surface area contributed by atoms with Crippen LogP contribution in [0.3, 0.4) is 0 Å². The zero-order valence-corrected chi connectivity index (χ0v) is 16.8. The number of thiazole rings is 1. The maximum atomic E-state index is 4.93. The van der Waals surface area contributed by atoms with E-state index in [1.807, 2.05) is 18.7 Å². The highest BCUT2D eigenvalue weighted by atomic mass is 32.2. The fourth-order valence-electron chi connectivity index (χ4n) is 2.66. The van der Waals surface area contributed by atoms with Crippen LogP contribution >= 0.6 is 23.1 Å². The van der Waals surface area contributed by atoms with Crippen LogP contribution in [0.5, 0.6) is 0 Å². The Morgan fingerprint density at radius 1 is 1.36 bits per heavy atom. The first-order valence-corrected chi connectivity index (χ1v) is 10.4. The average Bonchev–Trinajstić information content (AvgIpc) is 3.25. The summed E-state index contributed by atoms with van der Waals surface area (Å²) in [5.74, 6) is 0.966. The minimum absolute atomic E-state index is 0.278. The third-order valence-electron chi connectivity index (χ3n) is 4.16. The van der Waals surface area contributed by atoms with Crippen molar-refractivity contribution >= 4 is 29.1 Å². The lowest BCUT2D eigenvalue weighted by Gasteiger charge is -2.22. The van der Waals surface area contributed by atoms with Crippen LogP contribution in [0.1, 0.15) is 30.5 Å². The zero-order chi connectivity index (χ0) is 17.7. The van der Waals surface area contributed by atoms with Gasteiger partial charge in [-0.15, -0.1) is 23.1 Å². The van der Waals surface area contributed by atoms with Crippen LogP contribution in [0.4, 0.5) is 0 Å². The SMILES string of the molecule is CCNC(=NCC1(Sc2ccccc2)CC1)N(C)Cc1csc(C)n1. The normalized spacial score (nSPS) is 15.9. The fourth-order valence-corrected chi connectivity index (χ4v) is 4.49. The Labute approximate surface area is 158 Å². The predicted octanol–water partition coefficient (Wildman–Crippen LogP) is 4.17. The molecule has 6 heteroatoms. The average molecular weight is 375 g/mol. The Morgan fingerprint density at radius 3 is 2.72 bits per heavy atom. The Bertz CT molecular complexity index is 707.